The number of carbonyl (C=O) groups is 3. The summed E-state index contributed by atoms with van der Waals surface area (Å²) >= 11 is 5.73. The number of hydrazine groups is 1. The molecule has 30 heavy (non-hydrogen) atoms. The lowest BCUT2D eigenvalue weighted by Gasteiger charge is -2.09. The topological polar surface area (TPSA) is 139 Å². The van der Waals surface area contributed by atoms with Crippen molar-refractivity contribution in [1.29, 1.82) is 0 Å². The molecule has 3 rings (SSSR count). The van der Waals surface area contributed by atoms with Gasteiger partial charge in [-0.1, -0.05) is 23.7 Å². The third-order valence-electron chi connectivity index (χ3n) is 3.96. The Labute approximate surface area is 173 Å². The SMILES string of the molecule is O=C(COC(=O)Cn1[nH]c(=O)c2ccccc2c1=O)NNC(=O)c1ccc(Cl)cc1. The van der Waals surface area contributed by atoms with Crippen LogP contribution in [0.5, 0.6) is 0 Å². The lowest BCUT2D eigenvalue weighted by molar-refractivity contribution is -0.149. The smallest absolute Gasteiger partial charge is 0.328 e. The van der Waals surface area contributed by atoms with Crippen molar-refractivity contribution in [2.24, 2.45) is 0 Å². The number of hydrogen-bond donors (Lipinski definition) is 3. The molecular weight excluding hydrogens is 416 g/mol. The van der Waals surface area contributed by atoms with Crippen LogP contribution in [0.25, 0.3) is 10.8 Å². The zero-order valence-corrected chi connectivity index (χ0v) is 16.1. The molecule has 0 bridgehead atoms. The van der Waals surface area contributed by atoms with E-state index in [-0.39, 0.29) is 16.3 Å². The molecule has 0 spiro atoms. The summed E-state index contributed by atoms with van der Waals surface area (Å²) in [5.41, 5.74) is 3.37. The quantitative estimate of drug-likeness (QED) is 0.394. The van der Waals surface area contributed by atoms with Crippen LogP contribution in [-0.2, 0) is 20.9 Å². The first kappa shape index (κ1) is 20.8. The summed E-state index contributed by atoms with van der Waals surface area (Å²) in [6.07, 6.45) is 0. The number of hydrogen-bond acceptors (Lipinski definition) is 6. The molecule has 0 aliphatic rings. The number of nitrogens with one attached hydrogen (secondary N) is 3. The van der Waals surface area contributed by atoms with Crippen LogP contribution in [0, 0.1) is 0 Å². The fraction of sp³-hybridized carbons (Fsp3) is 0.105. The van der Waals surface area contributed by atoms with Gasteiger partial charge in [-0.25, -0.2) is 4.68 Å². The summed E-state index contributed by atoms with van der Waals surface area (Å²) in [4.78, 5) is 59.9. The van der Waals surface area contributed by atoms with Gasteiger partial charge in [0.05, 0.1) is 10.8 Å². The summed E-state index contributed by atoms with van der Waals surface area (Å²) in [6, 6.07) is 12.1. The maximum Gasteiger partial charge on any atom is 0.328 e. The van der Waals surface area contributed by atoms with E-state index in [0.717, 1.165) is 4.68 Å². The number of H-pyrrole nitrogens is 1. The highest BCUT2D eigenvalue weighted by Crippen LogP contribution is 2.09. The standard InChI is InChI=1S/C19H15ClN4O6/c20-12-7-5-11(6-8-12)17(27)22-21-15(25)10-30-16(26)9-24-19(29)14-4-2-1-3-13(14)18(28)23-24/h1-8H,9-10H2,(H,21,25)(H,22,27)(H,23,28). The normalized spacial score (nSPS) is 10.4. The molecule has 11 heteroatoms. The summed E-state index contributed by atoms with van der Waals surface area (Å²) in [5.74, 6) is -2.32. The van der Waals surface area contributed by atoms with Gasteiger partial charge in [0.1, 0.15) is 6.54 Å². The van der Waals surface area contributed by atoms with Crippen LogP contribution in [0.1, 0.15) is 10.4 Å². The summed E-state index contributed by atoms with van der Waals surface area (Å²) < 4.78 is 5.57. The second-order valence-electron chi connectivity index (χ2n) is 6.05. The third kappa shape index (κ3) is 4.92. The van der Waals surface area contributed by atoms with Crippen LogP contribution < -0.4 is 22.0 Å². The Kier molecular flexibility index (Phi) is 6.28. The molecule has 2 aromatic carbocycles. The van der Waals surface area contributed by atoms with Gasteiger partial charge < -0.3 is 4.74 Å². The average molecular weight is 431 g/mol. The van der Waals surface area contributed by atoms with Gasteiger partial charge in [0.2, 0.25) is 0 Å². The van der Waals surface area contributed by atoms with Gasteiger partial charge in [-0.3, -0.25) is 39.9 Å². The number of ether oxygens (including phenoxy) is 1. The van der Waals surface area contributed by atoms with Gasteiger partial charge in [-0.15, -0.1) is 0 Å². The predicted molar refractivity (Wildman–Crippen MR) is 107 cm³/mol. The molecule has 0 unspecified atom stereocenters. The van der Waals surface area contributed by atoms with Crippen LogP contribution >= 0.6 is 11.6 Å². The fourth-order valence-electron chi connectivity index (χ4n) is 2.51. The van der Waals surface area contributed by atoms with Crippen molar-refractivity contribution in [3.63, 3.8) is 0 Å². The van der Waals surface area contributed by atoms with Crippen molar-refractivity contribution < 1.29 is 19.1 Å². The largest absolute Gasteiger partial charge is 0.454 e. The van der Waals surface area contributed by atoms with Gasteiger partial charge in [-0.05, 0) is 36.4 Å². The van der Waals surface area contributed by atoms with Crippen molar-refractivity contribution >= 4 is 40.2 Å². The van der Waals surface area contributed by atoms with E-state index < -0.39 is 42.1 Å². The molecule has 1 aromatic heterocycles. The van der Waals surface area contributed by atoms with Gasteiger partial charge >= 0.3 is 5.97 Å². The van der Waals surface area contributed by atoms with Crippen LogP contribution in [0.2, 0.25) is 5.02 Å². The number of amides is 2. The summed E-state index contributed by atoms with van der Waals surface area (Å²) in [6.45, 7) is -1.30. The first-order valence-corrected chi connectivity index (χ1v) is 8.95. The van der Waals surface area contributed by atoms with E-state index in [1.54, 1.807) is 12.1 Å². The zero-order chi connectivity index (χ0) is 21.7. The van der Waals surface area contributed by atoms with Crippen LogP contribution in [0.4, 0.5) is 0 Å². The zero-order valence-electron chi connectivity index (χ0n) is 15.3. The summed E-state index contributed by atoms with van der Waals surface area (Å²) in [7, 11) is 0. The van der Waals surface area contributed by atoms with Gasteiger partial charge in [0.25, 0.3) is 22.9 Å². The van der Waals surface area contributed by atoms with Gasteiger partial charge in [-0.2, -0.15) is 0 Å². The van der Waals surface area contributed by atoms with E-state index in [0.29, 0.717) is 5.02 Å². The number of carbonyl (C=O) groups excluding carboxylic acids is 3. The highest BCUT2D eigenvalue weighted by Gasteiger charge is 2.13. The molecule has 0 atom stereocenters. The first-order valence-electron chi connectivity index (χ1n) is 8.57. The lowest BCUT2D eigenvalue weighted by atomic mass is 10.2. The molecule has 0 saturated heterocycles. The number of aromatic amines is 1. The van der Waals surface area contributed by atoms with E-state index in [2.05, 4.69) is 16.0 Å². The Bertz CT molecular complexity index is 1230. The molecular formula is C19H15ClN4O6. The van der Waals surface area contributed by atoms with Crippen molar-refractivity contribution in [1.82, 2.24) is 20.6 Å². The second-order valence-corrected chi connectivity index (χ2v) is 6.48. The summed E-state index contributed by atoms with van der Waals surface area (Å²) in [5, 5.41) is 3.08. The van der Waals surface area contributed by atoms with Crippen LogP contribution in [0.15, 0.2) is 58.1 Å². The Hall–Kier alpha value is -3.92. The van der Waals surface area contributed by atoms with E-state index >= 15 is 0 Å². The molecule has 0 radical (unpaired) electrons. The predicted octanol–water partition coefficient (Wildman–Crippen LogP) is 0.348. The molecule has 10 nitrogen and oxygen atoms in total. The van der Waals surface area contributed by atoms with Crippen molar-refractivity contribution in [2.75, 3.05) is 6.61 Å². The molecule has 1 heterocycles. The molecule has 0 aliphatic carbocycles. The Balaban J connectivity index is 1.53. The van der Waals surface area contributed by atoms with Crippen LogP contribution in [0.3, 0.4) is 0 Å². The number of halogens is 1. The fourth-order valence-corrected chi connectivity index (χ4v) is 2.64. The van der Waals surface area contributed by atoms with Crippen molar-refractivity contribution in [2.45, 2.75) is 6.54 Å². The minimum atomic E-state index is -0.929. The monoisotopic (exact) mass is 430 g/mol. The lowest BCUT2D eigenvalue weighted by Crippen LogP contribution is -2.43. The highest BCUT2D eigenvalue weighted by atomic mass is 35.5. The molecule has 154 valence electrons. The Morgan fingerprint density at radius 3 is 2.33 bits per heavy atom. The Morgan fingerprint density at radius 1 is 0.967 bits per heavy atom. The maximum absolute atomic E-state index is 12.3. The second kappa shape index (κ2) is 9.05. The molecule has 3 aromatic rings. The van der Waals surface area contributed by atoms with E-state index in [1.165, 1.54) is 36.4 Å². The molecule has 0 fully saturated rings. The minimum Gasteiger partial charge on any atom is -0.454 e. The number of rotatable bonds is 5. The van der Waals surface area contributed by atoms with Crippen molar-refractivity contribution in [3.8, 4) is 0 Å². The van der Waals surface area contributed by atoms with Gasteiger partial charge in [0.15, 0.2) is 6.61 Å². The van der Waals surface area contributed by atoms with E-state index in [4.69, 9.17) is 16.3 Å². The molecule has 3 N–H and O–H groups in total. The van der Waals surface area contributed by atoms with E-state index in [1.807, 2.05) is 0 Å². The number of nitrogens with zero attached hydrogens (tertiary/aromatic N) is 1. The molecule has 0 aliphatic heterocycles. The first-order chi connectivity index (χ1) is 14.3. The average Bonchev–Trinajstić information content (AvgIpc) is 2.74. The Morgan fingerprint density at radius 2 is 1.63 bits per heavy atom. The molecule has 0 saturated carbocycles. The number of aromatic nitrogens is 2. The number of fused-ring (bicyclic) bond motifs is 1. The third-order valence-corrected chi connectivity index (χ3v) is 4.21. The number of benzene rings is 2. The highest BCUT2D eigenvalue weighted by molar-refractivity contribution is 6.30. The van der Waals surface area contributed by atoms with Gasteiger partial charge in [0, 0.05) is 10.6 Å². The number of esters is 1. The van der Waals surface area contributed by atoms with Crippen molar-refractivity contribution in [3.05, 3.63) is 79.8 Å². The minimum absolute atomic E-state index is 0.150. The molecule has 2 amide bonds. The van der Waals surface area contributed by atoms with E-state index in [9.17, 15) is 24.0 Å². The van der Waals surface area contributed by atoms with Crippen LogP contribution in [-0.4, -0.2) is 34.2 Å². The maximum atomic E-state index is 12.3.